The predicted molar refractivity (Wildman–Crippen MR) is 65.5 cm³/mol. The average molecular weight is 220 g/mol. The molecular weight excluding hydrogens is 200 g/mol. The highest BCUT2D eigenvalue weighted by atomic mass is 15.1. The summed E-state index contributed by atoms with van der Waals surface area (Å²) in [7, 11) is 2.19. The zero-order valence-corrected chi connectivity index (χ0v) is 10.1. The zero-order valence-electron chi connectivity index (χ0n) is 10.1. The number of nitrogens with zero attached hydrogens (tertiary/aromatic N) is 3. The van der Waals surface area contributed by atoms with E-state index >= 15 is 0 Å². The molecule has 0 aliphatic carbocycles. The normalized spacial score (nSPS) is 18.6. The van der Waals surface area contributed by atoms with Crippen LogP contribution in [0.1, 0.15) is 18.7 Å². The highest BCUT2D eigenvalue weighted by molar-refractivity contribution is 5.32. The molecule has 1 aliphatic rings. The van der Waals surface area contributed by atoms with E-state index in [9.17, 15) is 0 Å². The minimum absolute atomic E-state index is 0.784. The average Bonchev–Trinajstić information content (AvgIpc) is 2.28. The van der Waals surface area contributed by atoms with Gasteiger partial charge in [0, 0.05) is 12.7 Å². The first-order valence-electron chi connectivity index (χ1n) is 5.96. The van der Waals surface area contributed by atoms with E-state index in [0.29, 0.717) is 0 Å². The van der Waals surface area contributed by atoms with Gasteiger partial charge in [-0.25, -0.2) is 9.97 Å². The third-order valence-electron chi connectivity index (χ3n) is 3.19. The molecule has 0 unspecified atom stereocenters. The van der Waals surface area contributed by atoms with Gasteiger partial charge in [-0.15, -0.1) is 0 Å². The molecule has 4 nitrogen and oxygen atoms in total. The maximum absolute atomic E-state index is 4.34. The van der Waals surface area contributed by atoms with Gasteiger partial charge in [-0.05, 0) is 51.9 Å². The Morgan fingerprint density at radius 1 is 1.44 bits per heavy atom. The van der Waals surface area contributed by atoms with Gasteiger partial charge < -0.3 is 10.2 Å². The predicted octanol–water partition coefficient (Wildman–Crippen LogP) is 1.54. The lowest BCUT2D eigenvalue weighted by Crippen LogP contribution is -2.33. The molecule has 16 heavy (non-hydrogen) atoms. The fourth-order valence-corrected chi connectivity index (χ4v) is 2.07. The summed E-state index contributed by atoms with van der Waals surface area (Å²) in [6.45, 7) is 5.38. The Balaban J connectivity index is 1.79. The Bertz CT molecular complexity index is 332. The Morgan fingerprint density at radius 2 is 2.19 bits per heavy atom. The summed E-state index contributed by atoms with van der Waals surface area (Å²) in [5.74, 6) is 2.56. The number of likely N-dealkylation sites (tertiary alicyclic amines) is 1. The van der Waals surface area contributed by atoms with Crippen molar-refractivity contribution in [3.63, 3.8) is 0 Å². The number of anilines is 1. The smallest absolute Gasteiger partial charge is 0.129 e. The lowest BCUT2D eigenvalue weighted by atomic mass is 9.97. The van der Waals surface area contributed by atoms with E-state index in [1.807, 2.05) is 13.0 Å². The van der Waals surface area contributed by atoms with E-state index in [1.54, 1.807) is 6.20 Å². The fourth-order valence-electron chi connectivity index (χ4n) is 2.07. The molecule has 1 aliphatic heterocycles. The van der Waals surface area contributed by atoms with Gasteiger partial charge in [-0.3, -0.25) is 0 Å². The van der Waals surface area contributed by atoms with Crippen LogP contribution >= 0.6 is 0 Å². The van der Waals surface area contributed by atoms with Crippen molar-refractivity contribution in [3.05, 3.63) is 18.1 Å². The summed E-state index contributed by atoms with van der Waals surface area (Å²) in [5.41, 5.74) is 0. The van der Waals surface area contributed by atoms with E-state index in [1.165, 1.54) is 25.9 Å². The lowest BCUT2D eigenvalue weighted by molar-refractivity contribution is 0.226. The summed E-state index contributed by atoms with van der Waals surface area (Å²) in [4.78, 5) is 10.8. The van der Waals surface area contributed by atoms with Crippen LogP contribution in [-0.4, -0.2) is 41.5 Å². The van der Waals surface area contributed by atoms with Crippen LogP contribution in [0.25, 0.3) is 0 Å². The van der Waals surface area contributed by atoms with Crippen LogP contribution in [0, 0.1) is 12.8 Å². The minimum atomic E-state index is 0.784. The van der Waals surface area contributed by atoms with Crippen molar-refractivity contribution >= 4 is 5.82 Å². The number of hydrogen-bond acceptors (Lipinski definition) is 4. The van der Waals surface area contributed by atoms with Gasteiger partial charge in [0.2, 0.25) is 0 Å². The Labute approximate surface area is 97.1 Å². The van der Waals surface area contributed by atoms with Crippen LogP contribution < -0.4 is 5.32 Å². The van der Waals surface area contributed by atoms with Crippen molar-refractivity contribution < 1.29 is 0 Å². The van der Waals surface area contributed by atoms with Crippen LogP contribution in [0.15, 0.2) is 12.3 Å². The summed E-state index contributed by atoms with van der Waals surface area (Å²) >= 11 is 0. The van der Waals surface area contributed by atoms with Crippen molar-refractivity contribution in [2.75, 3.05) is 32.0 Å². The van der Waals surface area contributed by atoms with Crippen LogP contribution in [0.4, 0.5) is 5.82 Å². The first kappa shape index (κ1) is 11.3. The monoisotopic (exact) mass is 220 g/mol. The van der Waals surface area contributed by atoms with Gasteiger partial charge in [0.25, 0.3) is 0 Å². The number of aromatic nitrogens is 2. The van der Waals surface area contributed by atoms with E-state index in [4.69, 9.17) is 0 Å². The Hall–Kier alpha value is -1.16. The number of aryl methyl sites for hydroxylation is 1. The van der Waals surface area contributed by atoms with Gasteiger partial charge in [0.1, 0.15) is 11.6 Å². The van der Waals surface area contributed by atoms with Gasteiger partial charge in [0.05, 0.1) is 0 Å². The second kappa shape index (κ2) is 5.25. The van der Waals surface area contributed by atoms with Gasteiger partial charge >= 0.3 is 0 Å². The van der Waals surface area contributed by atoms with E-state index < -0.39 is 0 Å². The topological polar surface area (TPSA) is 41.1 Å². The molecule has 1 N–H and O–H groups in total. The highest BCUT2D eigenvalue weighted by Crippen LogP contribution is 2.16. The third kappa shape index (κ3) is 3.17. The molecule has 0 atom stereocenters. The van der Waals surface area contributed by atoms with E-state index in [2.05, 4.69) is 27.2 Å². The Kier molecular flexibility index (Phi) is 3.72. The van der Waals surface area contributed by atoms with Crippen molar-refractivity contribution in [3.8, 4) is 0 Å². The SMILES string of the molecule is Cc1nccc(NCC2CCN(C)CC2)n1. The lowest BCUT2D eigenvalue weighted by Gasteiger charge is -2.29. The second-order valence-corrected chi connectivity index (χ2v) is 4.62. The number of rotatable bonds is 3. The maximum atomic E-state index is 4.34. The van der Waals surface area contributed by atoms with Crippen LogP contribution in [-0.2, 0) is 0 Å². The molecular formula is C12H20N4. The highest BCUT2D eigenvalue weighted by Gasteiger charge is 2.16. The molecule has 0 spiro atoms. The molecule has 0 aromatic carbocycles. The largest absolute Gasteiger partial charge is 0.370 e. The van der Waals surface area contributed by atoms with Crippen molar-refractivity contribution in [2.45, 2.75) is 19.8 Å². The summed E-state index contributed by atoms with van der Waals surface area (Å²) < 4.78 is 0. The standard InChI is InChI=1S/C12H20N4/c1-10-13-6-3-12(15-10)14-9-11-4-7-16(2)8-5-11/h3,6,11H,4-5,7-9H2,1-2H3,(H,13,14,15). The van der Waals surface area contributed by atoms with Crippen molar-refractivity contribution in [2.24, 2.45) is 5.92 Å². The van der Waals surface area contributed by atoms with E-state index in [-0.39, 0.29) is 0 Å². The fraction of sp³-hybridized carbons (Fsp3) is 0.667. The Morgan fingerprint density at radius 3 is 2.88 bits per heavy atom. The molecule has 0 amide bonds. The number of nitrogens with one attached hydrogen (secondary N) is 1. The van der Waals surface area contributed by atoms with Crippen molar-refractivity contribution in [1.82, 2.24) is 14.9 Å². The molecule has 1 aromatic heterocycles. The summed E-state index contributed by atoms with van der Waals surface area (Å²) in [6.07, 6.45) is 4.38. The van der Waals surface area contributed by atoms with Crippen LogP contribution in [0.5, 0.6) is 0 Å². The molecule has 0 bridgehead atoms. The third-order valence-corrected chi connectivity index (χ3v) is 3.19. The molecule has 1 saturated heterocycles. The van der Waals surface area contributed by atoms with Crippen LogP contribution in [0.3, 0.4) is 0 Å². The molecule has 0 radical (unpaired) electrons. The van der Waals surface area contributed by atoms with Gasteiger partial charge in [0.15, 0.2) is 0 Å². The molecule has 2 heterocycles. The summed E-state index contributed by atoms with van der Waals surface area (Å²) in [5, 5.41) is 3.40. The zero-order chi connectivity index (χ0) is 11.4. The molecule has 0 saturated carbocycles. The molecule has 88 valence electrons. The number of piperidine rings is 1. The quantitative estimate of drug-likeness (QED) is 0.839. The molecule has 1 aromatic rings. The molecule has 1 fully saturated rings. The summed E-state index contributed by atoms with van der Waals surface area (Å²) in [6, 6.07) is 1.93. The first-order chi connectivity index (χ1) is 7.74. The maximum Gasteiger partial charge on any atom is 0.129 e. The molecule has 4 heteroatoms. The second-order valence-electron chi connectivity index (χ2n) is 4.62. The van der Waals surface area contributed by atoms with E-state index in [0.717, 1.165) is 24.1 Å². The van der Waals surface area contributed by atoms with Gasteiger partial charge in [-0.2, -0.15) is 0 Å². The minimum Gasteiger partial charge on any atom is -0.370 e. The van der Waals surface area contributed by atoms with Crippen LogP contribution in [0.2, 0.25) is 0 Å². The molecule has 2 rings (SSSR count). The first-order valence-corrected chi connectivity index (χ1v) is 5.96. The van der Waals surface area contributed by atoms with Crippen molar-refractivity contribution in [1.29, 1.82) is 0 Å². The van der Waals surface area contributed by atoms with Gasteiger partial charge in [-0.1, -0.05) is 0 Å². The number of hydrogen-bond donors (Lipinski definition) is 1.